The van der Waals surface area contributed by atoms with E-state index in [9.17, 15) is 9.59 Å². The lowest BCUT2D eigenvalue weighted by Crippen LogP contribution is -2.42. The van der Waals surface area contributed by atoms with Crippen molar-refractivity contribution < 1.29 is 14.3 Å². The largest absolute Gasteiger partial charge is 0.497 e. The lowest BCUT2D eigenvalue weighted by molar-refractivity contribution is -0.121. The Hall–Kier alpha value is -2.34. The van der Waals surface area contributed by atoms with Crippen molar-refractivity contribution in [2.75, 3.05) is 7.11 Å². The molecule has 1 aromatic carbocycles. The third-order valence-electron chi connectivity index (χ3n) is 2.62. The van der Waals surface area contributed by atoms with Gasteiger partial charge < -0.3 is 4.74 Å². The molecule has 1 heterocycles. The van der Waals surface area contributed by atoms with Crippen LogP contribution in [0.4, 0.5) is 0 Å². The van der Waals surface area contributed by atoms with E-state index >= 15 is 0 Å². The fourth-order valence-electron chi connectivity index (χ4n) is 1.57. The van der Waals surface area contributed by atoms with Gasteiger partial charge in [-0.3, -0.25) is 20.4 Å². The first-order chi connectivity index (χ1) is 9.69. The highest BCUT2D eigenvalue weighted by Gasteiger charge is 2.08. The number of methoxy groups -OCH3 is 1. The van der Waals surface area contributed by atoms with Crippen LogP contribution in [0.1, 0.15) is 15.9 Å². The monoisotopic (exact) mass is 290 g/mol. The second kappa shape index (κ2) is 6.72. The van der Waals surface area contributed by atoms with E-state index in [1.54, 1.807) is 48.2 Å². The summed E-state index contributed by atoms with van der Waals surface area (Å²) in [5, 5.41) is 3.51. The summed E-state index contributed by atoms with van der Waals surface area (Å²) in [6.45, 7) is 0. The Kier molecular flexibility index (Phi) is 4.73. The van der Waals surface area contributed by atoms with Gasteiger partial charge >= 0.3 is 0 Å². The summed E-state index contributed by atoms with van der Waals surface area (Å²) in [5.41, 5.74) is 6.12. The summed E-state index contributed by atoms with van der Waals surface area (Å²) in [5.74, 6) is 0.132. The quantitative estimate of drug-likeness (QED) is 0.843. The maximum absolute atomic E-state index is 11.7. The van der Waals surface area contributed by atoms with Crippen molar-refractivity contribution in [3.63, 3.8) is 0 Å². The van der Waals surface area contributed by atoms with Gasteiger partial charge in [-0.25, -0.2) is 0 Å². The van der Waals surface area contributed by atoms with E-state index in [-0.39, 0.29) is 18.2 Å². The molecule has 0 unspecified atom stereocenters. The van der Waals surface area contributed by atoms with E-state index in [1.807, 2.05) is 0 Å². The van der Waals surface area contributed by atoms with E-state index < -0.39 is 0 Å². The van der Waals surface area contributed by atoms with Crippen LogP contribution in [0, 0.1) is 0 Å². The molecule has 0 aliphatic heterocycles. The highest BCUT2D eigenvalue weighted by atomic mass is 32.1. The van der Waals surface area contributed by atoms with Gasteiger partial charge in [-0.1, -0.05) is 12.1 Å². The molecule has 2 rings (SSSR count). The van der Waals surface area contributed by atoms with Crippen molar-refractivity contribution in [1.82, 2.24) is 10.9 Å². The molecule has 2 N–H and O–H groups in total. The summed E-state index contributed by atoms with van der Waals surface area (Å²) < 4.78 is 5.04. The van der Waals surface area contributed by atoms with Crippen molar-refractivity contribution in [1.29, 1.82) is 0 Å². The SMILES string of the molecule is COc1ccc(CC(=O)NNC(=O)c2ccsc2)cc1. The average Bonchev–Trinajstić information content (AvgIpc) is 3.00. The number of hydrazine groups is 1. The Balaban J connectivity index is 1.81. The van der Waals surface area contributed by atoms with Gasteiger partial charge in [-0.2, -0.15) is 11.3 Å². The molecule has 0 bridgehead atoms. The zero-order valence-corrected chi connectivity index (χ0v) is 11.7. The third-order valence-corrected chi connectivity index (χ3v) is 3.31. The molecule has 2 aromatic rings. The number of hydrogen-bond acceptors (Lipinski definition) is 4. The minimum Gasteiger partial charge on any atom is -0.497 e. The minimum absolute atomic E-state index is 0.188. The fraction of sp³-hybridized carbons (Fsp3) is 0.143. The van der Waals surface area contributed by atoms with Crippen molar-refractivity contribution in [2.24, 2.45) is 0 Å². The van der Waals surface area contributed by atoms with Crippen molar-refractivity contribution in [3.05, 3.63) is 52.2 Å². The van der Waals surface area contributed by atoms with Crippen LogP contribution in [-0.4, -0.2) is 18.9 Å². The molecule has 0 saturated heterocycles. The van der Waals surface area contributed by atoms with Gasteiger partial charge in [-0.15, -0.1) is 0 Å². The van der Waals surface area contributed by atoms with Crippen LogP contribution in [-0.2, 0) is 11.2 Å². The number of carbonyl (C=O) groups is 2. The van der Waals surface area contributed by atoms with E-state index in [2.05, 4.69) is 10.9 Å². The van der Waals surface area contributed by atoms with Crippen LogP contribution >= 0.6 is 11.3 Å². The van der Waals surface area contributed by atoms with Crippen LogP contribution in [0.2, 0.25) is 0 Å². The van der Waals surface area contributed by atoms with E-state index in [4.69, 9.17) is 4.74 Å². The summed E-state index contributed by atoms with van der Waals surface area (Å²) >= 11 is 1.42. The molecular weight excluding hydrogens is 276 g/mol. The Morgan fingerprint density at radius 2 is 1.90 bits per heavy atom. The maximum Gasteiger partial charge on any atom is 0.270 e. The van der Waals surface area contributed by atoms with Crippen molar-refractivity contribution >= 4 is 23.2 Å². The average molecular weight is 290 g/mol. The van der Waals surface area contributed by atoms with Crippen LogP contribution in [0.25, 0.3) is 0 Å². The van der Waals surface area contributed by atoms with Gasteiger partial charge in [0.1, 0.15) is 5.75 Å². The number of rotatable bonds is 4. The van der Waals surface area contributed by atoms with Gasteiger partial charge in [0.05, 0.1) is 19.1 Å². The first kappa shape index (κ1) is 14.1. The van der Waals surface area contributed by atoms with Gasteiger partial charge in [0.2, 0.25) is 5.91 Å². The van der Waals surface area contributed by atoms with Gasteiger partial charge in [0.25, 0.3) is 5.91 Å². The zero-order valence-electron chi connectivity index (χ0n) is 10.9. The number of ether oxygens (including phenoxy) is 1. The van der Waals surface area contributed by atoms with E-state index in [1.165, 1.54) is 11.3 Å². The summed E-state index contributed by atoms with van der Waals surface area (Å²) in [7, 11) is 1.59. The second-order valence-electron chi connectivity index (χ2n) is 4.04. The molecule has 0 radical (unpaired) electrons. The minimum atomic E-state index is -0.325. The summed E-state index contributed by atoms with van der Waals surface area (Å²) in [4.78, 5) is 23.3. The van der Waals surface area contributed by atoms with Crippen LogP contribution in [0.15, 0.2) is 41.1 Å². The molecule has 104 valence electrons. The third kappa shape index (κ3) is 3.83. The Morgan fingerprint density at radius 1 is 1.15 bits per heavy atom. The van der Waals surface area contributed by atoms with Crippen molar-refractivity contribution in [3.8, 4) is 5.75 Å². The molecule has 0 aliphatic carbocycles. The molecule has 20 heavy (non-hydrogen) atoms. The molecule has 0 fully saturated rings. The normalized spacial score (nSPS) is 9.85. The predicted octanol–water partition coefficient (Wildman–Crippen LogP) is 1.76. The predicted molar refractivity (Wildman–Crippen MR) is 76.6 cm³/mol. The van der Waals surface area contributed by atoms with Gasteiger partial charge in [0.15, 0.2) is 0 Å². The van der Waals surface area contributed by atoms with Crippen LogP contribution in [0.3, 0.4) is 0 Å². The van der Waals surface area contributed by atoms with Gasteiger partial charge in [0, 0.05) is 5.38 Å². The Bertz CT molecular complexity index is 579. The molecule has 5 nitrogen and oxygen atoms in total. The Labute approximate surface area is 120 Å². The standard InChI is InChI=1S/C14H14N2O3S/c1-19-12-4-2-10(3-5-12)8-13(17)15-16-14(18)11-6-7-20-9-11/h2-7,9H,8H2,1H3,(H,15,17)(H,16,18). The smallest absolute Gasteiger partial charge is 0.270 e. The fourth-order valence-corrected chi connectivity index (χ4v) is 2.20. The van der Waals surface area contributed by atoms with E-state index in [0.29, 0.717) is 5.56 Å². The maximum atomic E-state index is 11.7. The number of hydrogen-bond donors (Lipinski definition) is 2. The molecule has 1 aromatic heterocycles. The number of amides is 2. The molecule has 0 saturated carbocycles. The molecule has 2 amide bonds. The first-order valence-corrected chi connectivity index (χ1v) is 6.87. The van der Waals surface area contributed by atoms with E-state index in [0.717, 1.165) is 11.3 Å². The Morgan fingerprint density at radius 3 is 2.50 bits per heavy atom. The molecule has 0 aliphatic rings. The van der Waals surface area contributed by atoms with Crippen LogP contribution < -0.4 is 15.6 Å². The first-order valence-electron chi connectivity index (χ1n) is 5.93. The number of carbonyl (C=O) groups excluding carboxylic acids is 2. The van der Waals surface area contributed by atoms with Crippen molar-refractivity contribution in [2.45, 2.75) is 6.42 Å². The number of nitrogens with one attached hydrogen (secondary N) is 2. The second-order valence-corrected chi connectivity index (χ2v) is 4.82. The number of benzene rings is 1. The van der Waals surface area contributed by atoms with Gasteiger partial charge in [-0.05, 0) is 29.1 Å². The zero-order chi connectivity index (χ0) is 14.4. The molecule has 6 heteroatoms. The summed E-state index contributed by atoms with van der Waals surface area (Å²) in [6, 6.07) is 8.87. The number of thiophene rings is 1. The highest BCUT2D eigenvalue weighted by Crippen LogP contribution is 2.11. The van der Waals surface area contributed by atoms with Crippen LogP contribution in [0.5, 0.6) is 5.75 Å². The lowest BCUT2D eigenvalue weighted by Gasteiger charge is -2.07. The topological polar surface area (TPSA) is 67.4 Å². The molecular formula is C14H14N2O3S. The molecule has 0 spiro atoms. The highest BCUT2D eigenvalue weighted by molar-refractivity contribution is 7.08. The summed E-state index contributed by atoms with van der Waals surface area (Å²) in [6.07, 6.45) is 0.188. The lowest BCUT2D eigenvalue weighted by atomic mass is 10.1. The molecule has 0 atom stereocenters.